The van der Waals surface area contributed by atoms with Crippen LogP contribution in [0.1, 0.15) is 46.5 Å². The van der Waals surface area contributed by atoms with Crippen molar-refractivity contribution >= 4 is 15.9 Å². The maximum absolute atomic E-state index is 13.5. The first kappa shape index (κ1) is 17.4. The lowest BCUT2D eigenvalue weighted by Gasteiger charge is -2.20. The van der Waals surface area contributed by atoms with Crippen LogP contribution in [0.25, 0.3) is 0 Å². The Morgan fingerprint density at radius 2 is 1.85 bits per heavy atom. The van der Waals surface area contributed by atoms with Gasteiger partial charge in [-0.2, -0.15) is 0 Å². The highest BCUT2D eigenvalue weighted by molar-refractivity contribution is 9.10. The second-order valence-electron chi connectivity index (χ2n) is 6.01. The van der Waals surface area contributed by atoms with Crippen molar-refractivity contribution in [2.24, 2.45) is 0 Å². The van der Waals surface area contributed by atoms with Crippen molar-refractivity contribution in [3.8, 4) is 5.75 Å². The van der Waals surface area contributed by atoms with Crippen LogP contribution in [-0.2, 0) is 0 Å². The molecule has 0 aliphatic carbocycles. The highest BCUT2D eigenvalue weighted by atomic mass is 79.9. The van der Waals surface area contributed by atoms with Gasteiger partial charge in [0.2, 0.25) is 0 Å². The van der Waals surface area contributed by atoms with Gasteiger partial charge in [-0.15, -0.1) is 0 Å². The summed E-state index contributed by atoms with van der Waals surface area (Å²) < 4.78 is 19.6. The molecule has 1 N–H and O–H groups in total. The summed E-state index contributed by atoms with van der Waals surface area (Å²) in [6, 6.07) is 4.87. The third kappa shape index (κ3) is 7.85. The van der Waals surface area contributed by atoms with Gasteiger partial charge in [-0.25, -0.2) is 4.39 Å². The molecule has 20 heavy (non-hydrogen) atoms. The van der Waals surface area contributed by atoms with Gasteiger partial charge in [-0.1, -0.05) is 28.8 Å². The van der Waals surface area contributed by atoms with E-state index in [0.717, 1.165) is 23.9 Å². The SMILES string of the molecule is CC(C)(C)NCCCCCCOc1ccc(Br)cc1F. The largest absolute Gasteiger partial charge is 0.491 e. The number of benzene rings is 1. The standard InChI is InChI=1S/C16H25BrFNO/c1-16(2,3)19-10-6-4-5-7-11-20-15-9-8-13(17)12-14(15)18/h8-9,12,19H,4-7,10-11H2,1-3H3. The Hall–Kier alpha value is -0.610. The molecule has 0 saturated heterocycles. The number of halogens is 2. The summed E-state index contributed by atoms with van der Waals surface area (Å²) in [6.07, 6.45) is 4.42. The lowest BCUT2D eigenvalue weighted by atomic mass is 10.1. The van der Waals surface area contributed by atoms with E-state index in [2.05, 4.69) is 42.0 Å². The van der Waals surface area contributed by atoms with Crippen molar-refractivity contribution in [1.29, 1.82) is 0 Å². The number of hydrogen-bond acceptors (Lipinski definition) is 2. The molecule has 1 aromatic rings. The maximum atomic E-state index is 13.5. The lowest BCUT2D eigenvalue weighted by Crippen LogP contribution is -2.36. The van der Waals surface area contributed by atoms with Crippen molar-refractivity contribution in [3.05, 3.63) is 28.5 Å². The van der Waals surface area contributed by atoms with Gasteiger partial charge >= 0.3 is 0 Å². The van der Waals surface area contributed by atoms with Gasteiger partial charge < -0.3 is 10.1 Å². The first-order valence-corrected chi connectivity index (χ1v) is 8.01. The summed E-state index contributed by atoms with van der Waals surface area (Å²) in [6.45, 7) is 8.14. The van der Waals surface area contributed by atoms with Crippen molar-refractivity contribution in [3.63, 3.8) is 0 Å². The fourth-order valence-corrected chi connectivity index (χ4v) is 2.15. The molecule has 4 heteroatoms. The van der Waals surface area contributed by atoms with Crippen molar-refractivity contribution < 1.29 is 9.13 Å². The molecule has 0 aliphatic rings. The molecule has 0 heterocycles. The first-order valence-electron chi connectivity index (χ1n) is 7.21. The zero-order valence-corrected chi connectivity index (χ0v) is 14.2. The Morgan fingerprint density at radius 1 is 1.15 bits per heavy atom. The predicted octanol–water partition coefficient (Wildman–Crippen LogP) is 4.92. The minimum atomic E-state index is -0.311. The topological polar surface area (TPSA) is 21.3 Å². The number of rotatable bonds is 8. The van der Waals surface area contributed by atoms with Crippen LogP contribution in [0, 0.1) is 5.82 Å². The first-order chi connectivity index (χ1) is 9.38. The third-order valence-electron chi connectivity index (χ3n) is 2.88. The third-order valence-corrected chi connectivity index (χ3v) is 3.37. The predicted molar refractivity (Wildman–Crippen MR) is 85.8 cm³/mol. The van der Waals surface area contributed by atoms with Crippen molar-refractivity contribution in [1.82, 2.24) is 5.32 Å². The molecule has 114 valence electrons. The van der Waals surface area contributed by atoms with Gasteiger partial charge in [0.1, 0.15) is 0 Å². The molecule has 0 aromatic heterocycles. The van der Waals surface area contributed by atoms with E-state index < -0.39 is 0 Å². The van der Waals surface area contributed by atoms with Crippen LogP contribution < -0.4 is 10.1 Å². The Kier molecular flexibility index (Phi) is 7.52. The van der Waals surface area contributed by atoms with Crippen LogP contribution in [0.15, 0.2) is 22.7 Å². The fourth-order valence-electron chi connectivity index (χ4n) is 1.82. The Labute approximate surface area is 130 Å². The second kappa shape index (κ2) is 8.63. The average Bonchev–Trinajstić information content (AvgIpc) is 2.33. The molecule has 1 aromatic carbocycles. The van der Waals surface area contributed by atoms with E-state index in [1.807, 2.05) is 0 Å². The van der Waals surface area contributed by atoms with Crippen LogP contribution in [-0.4, -0.2) is 18.7 Å². The van der Waals surface area contributed by atoms with E-state index in [9.17, 15) is 4.39 Å². The summed E-state index contributed by atoms with van der Waals surface area (Å²) in [5, 5.41) is 3.47. The Bertz CT molecular complexity index is 404. The summed E-state index contributed by atoms with van der Waals surface area (Å²) >= 11 is 3.23. The molecule has 0 unspecified atom stereocenters. The molecular weight excluding hydrogens is 321 g/mol. The molecule has 1 rings (SSSR count). The molecule has 0 atom stereocenters. The molecule has 0 saturated carbocycles. The summed E-state index contributed by atoms with van der Waals surface area (Å²) in [5.74, 6) is 0.0244. The molecular formula is C16H25BrFNO. The van der Waals surface area contributed by atoms with Crippen LogP contribution in [0.5, 0.6) is 5.75 Å². The fraction of sp³-hybridized carbons (Fsp3) is 0.625. The molecule has 0 aliphatic heterocycles. The van der Waals surface area contributed by atoms with Gasteiger partial charge in [0, 0.05) is 10.0 Å². The van der Waals surface area contributed by atoms with E-state index in [-0.39, 0.29) is 11.4 Å². The average molecular weight is 346 g/mol. The van der Waals surface area contributed by atoms with Crippen molar-refractivity contribution in [2.75, 3.05) is 13.2 Å². The summed E-state index contributed by atoms with van der Waals surface area (Å²) in [4.78, 5) is 0. The van der Waals surface area contributed by atoms with Gasteiger partial charge in [-0.3, -0.25) is 0 Å². The summed E-state index contributed by atoms with van der Waals surface area (Å²) in [5.41, 5.74) is 0.197. The zero-order chi connectivity index (χ0) is 15.0. The lowest BCUT2D eigenvalue weighted by molar-refractivity contribution is 0.289. The van der Waals surface area contributed by atoms with E-state index in [1.54, 1.807) is 12.1 Å². The molecule has 2 nitrogen and oxygen atoms in total. The zero-order valence-electron chi connectivity index (χ0n) is 12.6. The van der Waals surface area contributed by atoms with Gasteiger partial charge in [0.15, 0.2) is 11.6 Å². The van der Waals surface area contributed by atoms with Gasteiger partial charge in [0.25, 0.3) is 0 Å². The van der Waals surface area contributed by atoms with E-state index >= 15 is 0 Å². The van der Waals surface area contributed by atoms with E-state index in [4.69, 9.17) is 4.74 Å². The van der Waals surface area contributed by atoms with E-state index in [0.29, 0.717) is 12.4 Å². The second-order valence-corrected chi connectivity index (χ2v) is 6.93. The van der Waals surface area contributed by atoms with Gasteiger partial charge in [0.05, 0.1) is 6.61 Å². The highest BCUT2D eigenvalue weighted by Gasteiger charge is 2.07. The Morgan fingerprint density at radius 3 is 2.50 bits per heavy atom. The minimum Gasteiger partial charge on any atom is -0.491 e. The van der Waals surface area contributed by atoms with Crippen LogP contribution in [0.3, 0.4) is 0 Å². The number of ether oxygens (including phenoxy) is 1. The molecule has 0 spiro atoms. The quantitative estimate of drug-likeness (QED) is 0.675. The molecule has 0 amide bonds. The van der Waals surface area contributed by atoms with E-state index in [1.165, 1.54) is 18.9 Å². The van der Waals surface area contributed by atoms with Crippen LogP contribution in [0.2, 0.25) is 0 Å². The molecule has 0 radical (unpaired) electrons. The molecule has 0 bridgehead atoms. The highest BCUT2D eigenvalue weighted by Crippen LogP contribution is 2.21. The van der Waals surface area contributed by atoms with Crippen molar-refractivity contribution in [2.45, 2.75) is 52.0 Å². The maximum Gasteiger partial charge on any atom is 0.166 e. The Balaban J connectivity index is 2.05. The minimum absolute atomic E-state index is 0.197. The monoisotopic (exact) mass is 345 g/mol. The number of nitrogens with one attached hydrogen (secondary N) is 1. The summed E-state index contributed by atoms with van der Waals surface area (Å²) in [7, 11) is 0. The van der Waals surface area contributed by atoms with Crippen LogP contribution in [0.4, 0.5) is 4.39 Å². The number of unbranched alkanes of at least 4 members (excludes halogenated alkanes) is 3. The van der Waals surface area contributed by atoms with Gasteiger partial charge in [-0.05, 0) is 58.4 Å². The normalized spacial score (nSPS) is 11.7. The smallest absolute Gasteiger partial charge is 0.166 e. The van der Waals surface area contributed by atoms with Crippen LogP contribution >= 0.6 is 15.9 Å². The number of hydrogen-bond donors (Lipinski definition) is 1. The molecule has 0 fully saturated rings.